The summed E-state index contributed by atoms with van der Waals surface area (Å²) in [6, 6.07) is 12.4. The molecule has 2 aromatic carbocycles. The number of halogens is 1. The highest BCUT2D eigenvalue weighted by Crippen LogP contribution is 2.28. The first-order chi connectivity index (χ1) is 13.4. The zero-order valence-corrected chi connectivity index (χ0v) is 16.5. The van der Waals surface area contributed by atoms with Gasteiger partial charge in [0.2, 0.25) is 5.91 Å². The molecule has 0 bridgehead atoms. The third-order valence-electron chi connectivity index (χ3n) is 4.82. The van der Waals surface area contributed by atoms with Gasteiger partial charge in [0.05, 0.1) is 23.4 Å². The van der Waals surface area contributed by atoms with Gasteiger partial charge in [-0.2, -0.15) is 0 Å². The number of sulfone groups is 1. The van der Waals surface area contributed by atoms with Crippen molar-refractivity contribution in [1.82, 2.24) is 4.90 Å². The number of para-hydroxylation sites is 2. The Morgan fingerprint density at radius 2 is 1.68 bits per heavy atom. The van der Waals surface area contributed by atoms with E-state index < -0.39 is 15.7 Å². The summed E-state index contributed by atoms with van der Waals surface area (Å²) in [5.74, 6) is -0.189. The Kier molecular flexibility index (Phi) is 6.18. The second kappa shape index (κ2) is 8.60. The number of anilines is 1. The van der Waals surface area contributed by atoms with Gasteiger partial charge < -0.3 is 14.5 Å². The van der Waals surface area contributed by atoms with E-state index in [0.717, 1.165) is 23.6 Å². The van der Waals surface area contributed by atoms with Crippen molar-refractivity contribution in [1.29, 1.82) is 0 Å². The predicted molar refractivity (Wildman–Crippen MR) is 105 cm³/mol. The maximum Gasteiger partial charge on any atom is 0.223 e. The van der Waals surface area contributed by atoms with Gasteiger partial charge in [0.1, 0.15) is 11.6 Å². The summed E-state index contributed by atoms with van der Waals surface area (Å²) >= 11 is 0. The van der Waals surface area contributed by atoms with Crippen LogP contribution in [0.5, 0.6) is 5.75 Å². The Labute approximate surface area is 164 Å². The Balaban J connectivity index is 1.55. The van der Waals surface area contributed by atoms with Crippen LogP contribution in [-0.2, 0) is 14.6 Å². The number of rotatable bonds is 6. The first-order valence-corrected chi connectivity index (χ1v) is 10.7. The number of benzene rings is 2. The van der Waals surface area contributed by atoms with E-state index in [1.165, 1.54) is 12.1 Å². The number of carbonyl (C=O) groups excluding carboxylic acids is 1. The molecule has 3 rings (SSSR count). The molecule has 1 saturated heterocycles. The maximum atomic E-state index is 13.0. The lowest BCUT2D eigenvalue weighted by Gasteiger charge is -2.36. The van der Waals surface area contributed by atoms with Crippen LogP contribution in [0.1, 0.15) is 6.42 Å². The van der Waals surface area contributed by atoms with Gasteiger partial charge in [-0.1, -0.05) is 12.1 Å². The highest BCUT2D eigenvalue weighted by molar-refractivity contribution is 7.91. The molecule has 1 amide bonds. The number of hydrogen-bond acceptors (Lipinski definition) is 5. The van der Waals surface area contributed by atoms with Crippen LogP contribution in [0.25, 0.3) is 0 Å². The van der Waals surface area contributed by atoms with Gasteiger partial charge in [-0.25, -0.2) is 12.8 Å². The summed E-state index contributed by atoms with van der Waals surface area (Å²) in [6.07, 6.45) is -0.0889. The van der Waals surface area contributed by atoms with Gasteiger partial charge in [0.15, 0.2) is 9.84 Å². The number of hydrogen-bond donors (Lipinski definition) is 0. The zero-order valence-electron chi connectivity index (χ0n) is 15.7. The Morgan fingerprint density at radius 3 is 2.32 bits per heavy atom. The first kappa shape index (κ1) is 20.1. The molecule has 0 atom stereocenters. The number of methoxy groups -OCH3 is 1. The summed E-state index contributed by atoms with van der Waals surface area (Å²) in [4.78, 5) is 16.3. The van der Waals surface area contributed by atoms with Crippen LogP contribution in [0.2, 0.25) is 0 Å². The lowest BCUT2D eigenvalue weighted by molar-refractivity contribution is -0.131. The van der Waals surface area contributed by atoms with Gasteiger partial charge in [0, 0.05) is 32.6 Å². The second-order valence-electron chi connectivity index (χ2n) is 6.56. The van der Waals surface area contributed by atoms with E-state index in [9.17, 15) is 17.6 Å². The summed E-state index contributed by atoms with van der Waals surface area (Å²) in [6.45, 7) is 2.34. The topological polar surface area (TPSA) is 66.9 Å². The fraction of sp³-hybridized carbons (Fsp3) is 0.350. The van der Waals surface area contributed by atoms with E-state index in [1.54, 1.807) is 12.0 Å². The normalized spacial score (nSPS) is 14.8. The maximum absolute atomic E-state index is 13.0. The molecule has 8 heteroatoms. The standard InChI is InChI=1S/C20H23FN2O4S/c1-27-19-5-3-2-4-18(19)22-11-13-23(14-12-22)20(24)10-15-28(25,26)17-8-6-16(21)7-9-17/h2-9H,10-15H2,1H3. The quantitative estimate of drug-likeness (QED) is 0.689. The summed E-state index contributed by atoms with van der Waals surface area (Å²) < 4.78 is 43.0. The number of amides is 1. The van der Waals surface area contributed by atoms with Crippen molar-refractivity contribution < 1.29 is 22.3 Å². The minimum absolute atomic E-state index is 0.0303. The molecule has 28 heavy (non-hydrogen) atoms. The van der Waals surface area contributed by atoms with Gasteiger partial charge in [0.25, 0.3) is 0 Å². The molecule has 0 spiro atoms. The second-order valence-corrected chi connectivity index (χ2v) is 8.67. The summed E-state index contributed by atoms with van der Waals surface area (Å²) in [5.41, 5.74) is 0.982. The number of piperazine rings is 1. The van der Waals surface area contributed by atoms with Crippen molar-refractivity contribution in [3.05, 3.63) is 54.3 Å². The molecule has 2 aromatic rings. The molecule has 150 valence electrons. The van der Waals surface area contributed by atoms with Crippen molar-refractivity contribution in [2.45, 2.75) is 11.3 Å². The van der Waals surface area contributed by atoms with Crippen molar-refractivity contribution >= 4 is 21.4 Å². The van der Waals surface area contributed by atoms with Crippen molar-refractivity contribution in [3.63, 3.8) is 0 Å². The molecule has 0 unspecified atom stereocenters. The van der Waals surface area contributed by atoms with E-state index in [-0.39, 0.29) is 23.0 Å². The molecule has 0 aromatic heterocycles. The zero-order chi connectivity index (χ0) is 20.1. The summed E-state index contributed by atoms with van der Waals surface area (Å²) in [7, 11) is -1.99. The first-order valence-electron chi connectivity index (χ1n) is 9.05. The minimum atomic E-state index is -3.61. The number of carbonyl (C=O) groups is 1. The lowest BCUT2D eigenvalue weighted by atomic mass is 10.2. The van der Waals surface area contributed by atoms with Crippen LogP contribution in [0.4, 0.5) is 10.1 Å². The Hall–Kier alpha value is -2.61. The molecule has 0 aliphatic carbocycles. The van der Waals surface area contributed by atoms with Crippen LogP contribution in [0.15, 0.2) is 53.4 Å². The molecule has 0 saturated carbocycles. The largest absolute Gasteiger partial charge is 0.495 e. The third kappa shape index (κ3) is 4.62. The Bertz CT molecular complexity index is 923. The highest BCUT2D eigenvalue weighted by atomic mass is 32.2. The molecule has 0 radical (unpaired) electrons. The molecule has 0 N–H and O–H groups in total. The minimum Gasteiger partial charge on any atom is -0.495 e. The average molecular weight is 406 g/mol. The SMILES string of the molecule is COc1ccccc1N1CCN(C(=O)CCS(=O)(=O)c2ccc(F)cc2)CC1. The van der Waals surface area contributed by atoms with Crippen LogP contribution in [-0.4, -0.2) is 58.3 Å². The predicted octanol–water partition coefficient (Wildman–Crippen LogP) is 2.35. The summed E-state index contributed by atoms with van der Waals surface area (Å²) in [5, 5.41) is 0. The van der Waals surface area contributed by atoms with Crippen LogP contribution >= 0.6 is 0 Å². The molecule has 1 fully saturated rings. The molecule has 6 nitrogen and oxygen atoms in total. The van der Waals surface area contributed by atoms with Crippen LogP contribution in [0.3, 0.4) is 0 Å². The van der Waals surface area contributed by atoms with Crippen molar-refractivity contribution in [3.8, 4) is 5.75 Å². The van der Waals surface area contributed by atoms with E-state index in [0.29, 0.717) is 26.2 Å². The molecule has 1 aliphatic rings. The van der Waals surface area contributed by atoms with Crippen molar-refractivity contribution in [2.24, 2.45) is 0 Å². The lowest BCUT2D eigenvalue weighted by Crippen LogP contribution is -2.49. The number of nitrogens with zero attached hydrogens (tertiary/aromatic N) is 2. The molecular weight excluding hydrogens is 383 g/mol. The average Bonchev–Trinajstić information content (AvgIpc) is 2.72. The monoisotopic (exact) mass is 406 g/mol. The molecule has 1 heterocycles. The van der Waals surface area contributed by atoms with E-state index >= 15 is 0 Å². The highest BCUT2D eigenvalue weighted by Gasteiger charge is 2.24. The van der Waals surface area contributed by atoms with Gasteiger partial charge in [-0.15, -0.1) is 0 Å². The van der Waals surface area contributed by atoms with E-state index in [4.69, 9.17) is 4.74 Å². The fourth-order valence-corrected chi connectivity index (χ4v) is 4.46. The van der Waals surface area contributed by atoms with Crippen LogP contribution in [0, 0.1) is 5.82 Å². The van der Waals surface area contributed by atoms with Crippen molar-refractivity contribution in [2.75, 3.05) is 43.9 Å². The van der Waals surface area contributed by atoms with E-state index in [1.807, 2.05) is 24.3 Å². The smallest absolute Gasteiger partial charge is 0.223 e. The van der Waals surface area contributed by atoms with E-state index in [2.05, 4.69) is 4.90 Å². The third-order valence-corrected chi connectivity index (χ3v) is 6.55. The van der Waals surface area contributed by atoms with Gasteiger partial charge >= 0.3 is 0 Å². The number of ether oxygens (including phenoxy) is 1. The fourth-order valence-electron chi connectivity index (χ4n) is 3.23. The van der Waals surface area contributed by atoms with Crippen LogP contribution < -0.4 is 9.64 Å². The van der Waals surface area contributed by atoms with Gasteiger partial charge in [-0.05, 0) is 36.4 Å². The Morgan fingerprint density at radius 1 is 1.04 bits per heavy atom. The molecule has 1 aliphatic heterocycles. The van der Waals surface area contributed by atoms with Gasteiger partial charge in [-0.3, -0.25) is 4.79 Å². The molecular formula is C20H23FN2O4S.